The molecule has 0 aliphatic carbocycles. The number of esters is 1. The molecule has 5 heteroatoms. The molecule has 0 saturated carbocycles. The van der Waals surface area contributed by atoms with Gasteiger partial charge in [0, 0.05) is 11.8 Å². The second-order valence-electron chi connectivity index (χ2n) is 5.96. The number of hydrogen-bond donors (Lipinski definition) is 1. The van der Waals surface area contributed by atoms with Crippen molar-refractivity contribution in [2.45, 2.75) is 6.61 Å². The number of carbonyl (C=O) groups is 1. The third-order valence-electron chi connectivity index (χ3n) is 4.00. The Balaban J connectivity index is 1.95. The minimum Gasteiger partial charge on any atom is -0.489 e. The van der Waals surface area contributed by atoms with Gasteiger partial charge in [-0.25, -0.2) is 4.79 Å². The number of nitrogen functional groups attached to an aromatic ring is 1. The van der Waals surface area contributed by atoms with Crippen LogP contribution in [0.3, 0.4) is 0 Å². The summed E-state index contributed by atoms with van der Waals surface area (Å²) in [5.41, 5.74) is 9.80. The van der Waals surface area contributed by atoms with Crippen LogP contribution in [-0.4, -0.2) is 13.1 Å². The minimum absolute atomic E-state index is 0.263. The van der Waals surface area contributed by atoms with E-state index in [1.54, 1.807) is 36.4 Å². The Labute approximate surface area is 157 Å². The zero-order valence-electron chi connectivity index (χ0n) is 14.8. The average molecular weight is 358 g/mol. The van der Waals surface area contributed by atoms with Crippen LogP contribution < -0.4 is 10.5 Å². The van der Waals surface area contributed by atoms with Gasteiger partial charge in [-0.3, -0.25) is 0 Å². The van der Waals surface area contributed by atoms with Crippen LogP contribution in [0, 0.1) is 11.3 Å². The molecule has 0 heterocycles. The van der Waals surface area contributed by atoms with Crippen LogP contribution >= 0.6 is 0 Å². The fraction of sp³-hybridized carbons (Fsp3) is 0.0909. The van der Waals surface area contributed by atoms with Gasteiger partial charge < -0.3 is 15.2 Å². The molecular formula is C22H18N2O3. The van der Waals surface area contributed by atoms with Crippen LogP contribution in [0.2, 0.25) is 0 Å². The molecule has 0 aliphatic heterocycles. The van der Waals surface area contributed by atoms with Gasteiger partial charge in [0.2, 0.25) is 0 Å². The minimum atomic E-state index is -0.432. The average Bonchev–Trinajstić information content (AvgIpc) is 2.71. The highest BCUT2D eigenvalue weighted by atomic mass is 16.5. The highest BCUT2D eigenvalue weighted by Gasteiger charge is 2.11. The zero-order valence-corrected chi connectivity index (χ0v) is 14.8. The lowest BCUT2D eigenvalue weighted by Gasteiger charge is -2.11. The Kier molecular flexibility index (Phi) is 5.38. The number of ether oxygens (including phenoxy) is 2. The molecule has 0 radical (unpaired) electrons. The third-order valence-corrected chi connectivity index (χ3v) is 4.00. The van der Waals surface area contributed by atoms with Gasteiger partial charge in [0.15, 0.2) is 0 Å². The molecule has 0 spiro atoms. The van der Waals surface area contributed by atoms with Crippen molar-refractivity contribution in [3.05, 3.63) is 83.4 Å². The van der Waals surface area contributed by atoms with E-state index in [0.717, 1.165) is 16.7 Å². The van der Waals surface area contributed by atoms with E-state index in [4.69, 9.17) is 20.5 Å². The van der Waals surface area contributed by atoms with Crippen molar-refractivity contribution in [3.8, 4) is 22.9 Å². The lowest BCUT2D eigenvalue weighted by Crippen LogP contribution is -2.04. The first-order valence-corrected chi connectivity index (χ1v) is 8.30. The number of nitrogens with two attached hydrogens (primary N) is 1. The van der Waals surface area contributed by atoms with Crippen molar-refractivity contribution >= 4 is 11.7 Å². The van der Waals surface area contributed by atoms with Crippen molar-refractivity contribution in [2.24, 2.45) is 0 Å². The molecule has 27 heavy (non-hydrogen) atoms. The molecule has 0 aromatic heterocycles. The van der Waals surface area contributed by atoms with Crippen molar-refractivity contribution < 1.29 is 14.3 Å². The molecule has 5 nitrogen and oxygen atoms in total. The molecule has 0 saturated heterocycles. The summed E-state index contributed by atoms with van der Waals surface area (Å²) in [6, 6.07) is 21.9. The standard InChI is InChI=1S/C22H18N2O3/c1-26-22(25)19-10-16(14-27-21-7-3-6-20(24)12-21)9-18(11-19)17-5-2-4-15(8-17)13-23/h2-12H,14,24H2,1H3. The molecule has 134 valence electrons. The summed E-state index contributed by atoms with van der Waals surface area (Å²) in [7, 11) is 1.34. The summed E-state index contributed by atoms with van der Waals surface area (Å²) >= 11 is 0. The summed E-state index contributed by atoms with van der Waals surface area (Å²) in [4.78, 5) is 12.1. The maximum absolute atomic E-state index is 12.1. The summed E-state index contributed by atoms with van der Waals surface area (Å²) in [6.07, 6.45) is 0. The summed E-state index contributed by atoms with van der Waals surface area (Å²) in [5, 5.41) is 9.12. The number of rotatable bonds is 5. The van der Waals surface area contributed by atoms with Gasteiger partial charge in [0.25, 0.3) is 0 Å². The first kappa shape index (κ1) is 18.0. The number of benzene rings is 3. The number of carbonyl (C=O) groups excluding carboxylic acids is 1. The fourth-order valence-corrected chi connectivity index (χ4v) is 2.72. The van der Waals surface area contributed by atoms with Gasteiger partial charge in [-0.05, 0) is 59.2 Å². The van der Waals surface area contributed by atoms with E-state index in [2.05, 4.69) is 6.07 Å². The van der Waals surface area contributed by atoms with Gasteiger partial charge in [-0.2, -0.15) is 5.26 Å². The SMILES string of the molecule is COC(=O)c1cc(COc2cccc(N)c2)cc(-c2cccc(C#N)c2)c1. The Hall–Kier alpha value is -3.78. The lowest BCUT2D eigenvalue weighted by molar-refractivity contribution is 0.0600. The van der Waals surface area contributed by atoms with Gasteiger partial charge in [-0.1, -0.05) is 18.2 Å². The zero-order chi connectivity index (χ0) is 19.2. The predicted octanol–water partition coefficient (Wildman–Crippen LogP) is 4.17. The summed E-state index contributed by atoms with van der Waals surface area (Å²) in [6.45, 7) is 0.263. The number of methoxy groups -OCH3 is 1. The van der Waals surface area contributed by atoms with E-state index in [-0.39, 0.29) is 6.61 Å². The molecule has 0 amide bonds. The second kappa shape index (κ2) is 8.07. The van der Waals surface area contributed by atoms with E-state index in [9.17, 15) is 4.79 Å². The summed E-state index contributed by atoms with van der Waals surface area (Å²) in [5.74, 6) is 0.213. The molecule has 3 aromatic rings. The van der Waals surface area contributed by atoms with E-state index in [1.165, 1.54) is 7.11 Å². The maximum Gasteiger partial charge on any atom is 0.337 e. The topological polar surface area (TPSA) is 85.3 Å². The molecule has 2 N–H and O–H groups in total. The van der Waals surface area contributed by atoms with Gasteiger partial charge in [0.05, 0.1) is 24.3 Å². The molecule has 0 atom stereocenters. The predicted molar refractivity (Wildman–Crippen MR) is 103 cm³/mol. The molecule has 3 aromatic carbocycles. The van der Waals surface area contributed by atoms with E-state index < -0.39 is 5.97 Å². The van der Waals surface area contributed by atoms with Crippen molar-refractivity contribution in [2.75, 3.05) is 12.8 Å². The Morgan fingerprint density at radius 2 is 1.85 bits per heavy atom. The van der Waals surface area contributed by atoms with Crippen molar-refractivity contribution in [3.63, 3.8) is 0 Å². The normalized spacial score (nSPS) is 10.1. The van der Waals surface area contributed by atoms with Crippen LogP contribution in [-0.2, 0) is 11.3 Å². The number of nitrogens with zero attached hydrogens (tertiary/aromatic N) is 1. The first-order valence-electron chi connectivity index (χ1n) is 8.30. The third kappa shape index (κ3) is 4.44. The second-order valence-corrected chi connectivity index (χ2v) is 5.96. The van der Waals surface area contributed by atoms with E-state index in [0.29, 0.717) is 22.6 Å². The smallest absolute Gasteiger partial charge is 0.337 e. The van der Waals surface area contributed by atoms with Gasteiger partial charge in [0.1, 0.15) is 12.4 Å². The molecule has 3 rings (SSSR count). The fourth-order valence-electron chi connectivity index (χ4n) is 2.72. The highest BCUT2D eigenvalue weighted by molar-refractivity contribution is 5.91. The Morgan fingerprint density at radius 3 is 2.59 bits per heavy atom. The monoisotopic (exact) mass is 358 g/mol. The van der Waals surface area contributed by atoms with E-state index in [1.807, 2.05) is 30.3 Å². The van der Waals surface area contributed by atoms with Crippen molar-refractivity contribution in [1.29, 1.82) is 5.26 Å². The Morgan fingerprint density at radius 1 is 1.04 bits per heavy atom. The molecule has 0 unspecified atom stereocenters. The van der Waals surface area contributed by atoms with Crippen LogP contribution in [0.4, 0.5) is 5.69 Å². The summed E-state index contributed by atoms with van der Waals surface area (Å²) < 4.78 is 10.6. The Bertz CT molecular complexity index is 1020. The van der Waals surface area contributed by atoms with E-state index >= 15 is 0 Å². The largest absolute Gasteiger partial charge is 0.489 e. The lowest BCUT2D eigenvalue weighted by atomic mass is 9.98. The number of hydrogen-bond acceptors (Lipinski definition) is 5. The maximum atomic E-state index is 12.1. The van der Waals surface area contributed by atoms with Crippen LogP contribution in [0.1, 0.15) is 21.5 Å². The van der Waals surface area contributed by atoms with Crippen LogP contribution in [0.5, 0.6) is 5.75 Å². The van der Waals surface area contributed by atoms with Gasteiger partial charge >= 0.3 is 5.97 Å². The number of nitriles is 1. The van der Waals surface area contributed by atoms with Crippen LogP contribution in [0.25, 0.3) is 11.1 Å². The first-order chi connectivity index (χ1) is 13.1. The van der Waals surface area contributed by atoms with Crippen molar-refractivity contribution in [1.82, 2.24) is 0 Å². The molecule has 0 fully saturated rings. The highest BCUT2D eigenvalue weighted by Crippen LogP contribution is 2.25. The quantitative estimate of drug-likeness (QED) is 0.546. The molecular weight excluding hydrogens is 340 g/mol. The molecule has 0 aliphatic rings. The van der Waals surface area contributed by atoms with Crippen LogP contribution in [0.15, 0.2) is 66.7 Å². The molecule has 0 bridgehead atoms. The van der Waals surface area contributed by atoms with Gasteiger partial charge in [-0.15, -0.1) is 0 Å². The number of anilines is 1.